The highest BCUT2D eigenvalue weighted by Crippen LogP contribution is 2.17. The molecule has 1 aromatic heterocycles. The molecule has 0 aromatic carbocycles. The summed E-state index contributed by atoms with van der Waals surface area (Å²) in [4.78, 5) is 0. The minimum absolute atomic E-state index is 0.265. The van der Waals surface area contributed by atoms with E-state index in [0.717, 1.165) is 38.2 Å². The minimum Gasteiger partial charge on any atom is -0.396 e. The first-order valence-electron chi connectivity index (χ1n) is 5.45. The molecule has 15 heavy (non-hydrogen) atoms. The fourth-order valence-electron chi connectivity index (χ4n) is 1.48. The van der Waals surface area contributed by atoms with E-state index in [2.05, 4.69) is 10.4 Å². The summed E-state index contributed by atoms with van der Waals surface area (Å²) in [6.45, 7) is 3.98. The Balaban J connectivity index is 2.45. The summed E-state index contributed by atoms with van der Waals surface area (Å²) in [5.41, 5.74) is 6.47. The molecule has 0 aliphatic heterocycles. The maximum absolute atomic E-state index is 8.65. The zero-order chi connectivity index (χ0) is 11.1. The topological polar surface area (TPSA) is 76.1 Å². The van der Waals surface area contributed by atoms with Gasteiger partial charge in [0.25, 0.3) is 0 Å². The minimum atomic E-state index is 0.265. The van der Waals surface area contributed by atoms with Gasteiger partial charge < -0.3 is 16.2 Å². The van der Waals surface area contributed by atoms with Crippen LogP contribution in [0.4, 0.5) is 11.5 Å². The van der Waals surface area contributed by atoms with Gasteiger partial charge >= 0.3 is 0 Å². The van der Waals surface area contributed by atoms with Crippen LogP contribution in [0.3, 0.4) is 0 Å². The van der Waals surface area contributed by atoms with Crippen molar-refractivity contribution >= 4 is 11.5 Å². The lowest BCUT2D eigenvalue weighted by Crippen LogP contribution is -2.09. The number of aromatic nitrogens is 2. The predicted molar refractivity (Wildman–Crippen MR) is 61.7 cm³/mol. The van der Waals surface area contributed by atoms with Gasteiger partial charge in [0.2, 0.25) is 0 Å². The van der Waals surface area contributed by atoms with Crippen molar-refractivity contribution in [3.05, 3.63) is 6.20 Å². The van der Waals surface area contributed by atoms with Crippen LogP contribution in [0.2, 0.25) is 0 Å². The van der Waals surface area contributed by atoms with Gasteiger partial charge in [0, 0.05) is 19.7 Å². The first-order valence-corrected chi connectivity index (χ1v) is 5.45. The zero-order valence-electron chi connectivity index (χ0n) is 9.24. The van der Waals surface area contributed by atoms with Crippen molar-refractivity contribution in [2.75, 3.05) is 24.2 Å². The Labute approximate surface area is 90.3 Å². The van der Waals surface area contributed by atoms with Gasteiger partial charge in [0.05, 0.1) is 11.9 Å². The molecule has 5 heteroatoms. The Bertz CT molecular complexity index is 285. The van der Waals surface area contributed by atoms with E-state index < -0.39 is 0 Å². The highest BCUT2D eigenvalue weighted by atomic mass is 16.2. The number of nitrogens with one attached hydrogen (secondary N) is 1. The summed E-state index contributed by atoms with van der Waals surface area (Å²) in [7, 11) is 0. The molecule has 0 unspecified atom stereocenters. The molecule has 0 atom stereocenters. The van der Waals surface area contributed by atoms with Gasteiger partial charge in [-0.05, 0) is 26.2 Å². The number of aryl methyl sites for hydroxylation is 1. The molecule has 0 bridgehead atoms. The van der Waals surface area contributed by atoms with Crippen molar-refractivity contribution in [2.24, 2.45) is 0 Å². The number of nitrogens with two attached hydrogens (primary N) is 1. The number of aliphatic hydroxyl groups excluding tert-OH is 1. The molecular weight excluding hydrogens is 192 g/mol. The Morgan fingerprint density at radius 3 is 2.93 bits per heavy atom. The largest absolute Gasteiger partial charge is 0.396 e. The van der Waals surface area contributed by atoms with Gasteiger partial charge in [-0.2, -0.15) is 5.10 Å². The summed E-state index contributed by atoms with van der Waals surface area (Å²) in [5, 5.41) is 16.0. The second kappa shape index (κ2) is 6.29. The van der Waals surface area contributed by atoms with Crippen molar-refractivity contribution in [2.45, 2.75) is 32.7 Å². The number of nitrogens with zero attached hydrogens (tertiary/aromatic N) is 2. The third-order valence-electron chi connectivity index (χ3n) is 2.24. The predicted octanol–water partition coefficient (Wildman–Crippen LogP) is 1.06. The molecule has 1 heterocycles. The second-order valence-corrected chi connectivity index (χ2v) is 3.49. The highest BCUT2D eigenvalue weighted by Gasteiger charge is 2.05. The molecule has 0 aliphatic carbocycles. The summed E-state index contributed by atoms with van der Waals surface area (Å²) >= 11 is 0. The van der Waals surface area contributed by atoms with E-state index in [1.54, 1.807) is 6.20 Å². The van der Waals surface area contributed by atoms with Crippen LogP contribution < -0.4 is 11.1 Å². The molecule has 0 fully saturated rings. The normalized spacial score (nSPS) is 10.5. The molecule has 4 N–H and O–H groups in total. The zero-order valence-corrected chi connectivity index (χ0v) is 9.24. The summed E-state index contributed by atoms with van der Waals surface area (Å²) < 4.78 is 1.89. The molecule has 86 valence electrons. The number of unbranched alkanes of at least 4 members (excludes halogenated alkanes) is 2. The lowest BCUT2D eigenvalue weighted by atomic mass is 10.2. The quantitative estimate of drug-likeness (QED) is 0.591. The van der Waals surface area contributed by atoms with Gasteiger partial charge in [-0.1, -0.05) is 0 Å². The van der Waals surface area contributed by atoms with Crippen LogP contribution in [0.25, 0.3) is 0 Å². The van der Waals surface area contributed by atoms with E-state index >= 15 is 0 Å². The van der Waals surface area contributed by atoms with Gasteiger partial charge in [0.1, 0.15) is 5.82 Å². The molecule has 0 saturated heterocycles. The Morgan fingerprint density at radius 2 is 2.27 bits per heavy atom. The smallest absolute Gasteiger partial charge is 0.147 e. The van der Waals surface area contributed by atoms with Gasteiger partial charge in [-0.15, -0.1) is 0 Å². The Hall–Kier alpha value is -1.23. The van der Waals surface area contributed by atoms with Crippen LogP contribution in [0.1, 0.15) is 26.2 Å². The third-order valence-corrected chi connectivity index (χ3v) is 2.24. The SMILES string of the molecule is CCNc1c(N)cnn1CCCCCO. The number of rotatable bonds is 7. The van der Waals surface area contributed by atoms with E-state index in [9.17, 15) is 0 Å². The van der Waals surface area contributed by atoms with Crippen LogP contribution in [-0.2, 0) is 6.54 Å². The van der Waals surface area contributed by atoms with E-state index in [4.69, 9.17) is 10.8 Å². The average molecular weight is 212 g/mol. The monoisotopic (exact) mass is 212 g/mol. The van der Waals surface area contributed by atoms with Gasteiger partial charge in [-0.25, -0.2) is 4.68 Å². The highest BCUT2D eigenvalue weighted by molar-refractivity contribution is 5.60. The molecule has 0 spiro atoms. The fraction of sp³-hybridized carbons (Fsp3) is 0.700. The van der Waals surface area contributed by atoms with Crippen molar-refractivity contribution < 1.29 is 5.11 Å². The van der Waals surface area contributed by atoms with Crippen LogP contribution >= 0.6 is 0 Å². The number of anilines is 2. The van der Waals surface area contributed by atoms with Crippen LogP contribution in [0.15, 0.2) is 6.20 Å². The summed E-state index contributed by atoms with van der Waals surface area (Å²) in [6, 6.07) is 0. The van der Waals surface area contributed by atoms with Crippen LogP contribution in [0, 0.1) is 0 Å². The Kier molecular flexibility index (Phi) is 4.97. The number of nitrogen functional groups attached to an aromatic ring is 1. The molecular formula is C10H20N4O. The molecule has 1 rings (SSSR count). The van der Waals surface area contributed by atoms with Crippen molar-refractivity contribution in [3.63, 3.8) is 0 Å². The van der Waals surface area contributed by atoms with E-state index in [1.807, 2.05) is 11.6 Å². The number of hydrogen-bond donors (Lipinski definition) is 3. The summed E-state index contributed by atoms with van der Waals surface area (Å²) in [5.74, 6) is 0.904. The maximum Gasteiger partial charge on any atom is 0.147 e. The van der Waals surface area contributed by atoms with Crippen molar-refractivity contribution in [1.82, 2.24) is 9.78 Å². The van der Waals surface area contributed by atoms with Crippen LogP contribution in [-0.4, -0.2) is 28.0 Å². The van der Waals surface area contributed by atoms with Crippen molar-refractivity contribution in [1.29, 1.82) is 0 Å². The van der Waals surface area contributed by atoms with Gasteiger partial charge in [0.15, 0.2) is 0 Å². The standard InChI is InChI=1S/C10H20N4O/c1-2-12-10-9(11)8-13-14(10)6-4-3-5-7-15/h8,12,15H,2-7,11H2,1H3. The second-order valence-electron chi connectivity index (χ2n) is 3.49. The van der Waals surface area contributed by atoms with Gasteiger partial charge in [-0.3, -0.25) is 0 Å². The van der Waals surface area contributed by atoms with Crippen molar-refractivity contribution in [3.8, 4) is 0 Å². The average Bonchev–Trinajstić information content (AvgIpc) is 2.57. The fourth-order valence-corrected chi connectivity index (χ4v) is 1.48. The first kappa shape index (κ1) is 11.8. The number of hydrogen-bond acceptors (Lipinski definition) is 4. The molecule has 1 aromatic rings. The molecule has 0 aliphatic rings. The van der Waals surface area contributed by atoms with E-state index in [1.165, 1.54) is 0 Å². The first-order chi connectivity index (χ1) is 7.29. The summed E-state index contributed by atoms with van der Waals surface area (Å²) in [6.07, 6.45) is 4.55. The maximum atomic E-state index is 8.65. The lowest BCUT2D eigenvalue weighted by Gasteiger charge is -2.08. The van der Waals surface area contributed by atoms with E-state index in [0.29, 0.717) is 5.69 Å². The van der Waals surface area contributed by atoms with Crippen LogP contribution in [0.5, 0.6) is 0 Å². The lowest BCUT2D eigenvalue weighted by molar-refractivity contribution is 0.281. The van der Waals surface area contributed by atoms with E-state index in [-0.39, 0.29) is 6.61 Å². The molecule has 5 nitrogen and oxygen atoms in total. The number of aliphatic hydroxyl groups is 1. The molecule has 0 amide bonds. The Morgan fingerprint density at radius 1 is 1.47 bits per heavy atom. The molecule has 0 saturated carbocycles. The molecule has 0 radical (unpaired) electrons. The third kappa shape index (κ3) is 3.43.